The van der Waals surface area contributed by atoms with Crippen LogP contribution >= 0.6 is 0 Å². The van der Waals surface area contributed by atoms with E-state index in [1.807, 2.05) is 0 Å². The van der Waals surface area contributed by atoms with Crippen molar-refractivity contribution in [2.24, 2.45) is 0 Å². The van der Waals surface area contributed by atoms with Crippen LogP contribution in [0, 0.1) is 12.3 Å². The van der Waals surface area contributed by atoms with Gasteiger partial charge in [-0.3, -0.25) is 14.9 Å². The highest BCUT2D eigenvalue weighted by Gasteiger charge is 2.27. The zero-order valence-corrected chi connectivity index (χ0v) is 9.80. The minimum Gasteiger partial charge on any atom is -0.345 e. The first kappa shape index (κ1) is 16.2. The summed E-state index contributed by atoms with van der Waals surface area (Å²) >= 11 is 0. The van der Waals surface area contributed by atoms with Crippen LogP contribution in [-0.4, -0.2) is 56.1 Å². The second-order valence-corrected chi connectivity index (χ2v) is 3.45. The molecule has 2 amide bonds. The summed E-state index contributed by atoms with van der Waals surface area (Å²) in [5, 5.41) is 4.27. The van der Waals surface area contributed by atoms with Gasteiger partial charge in [-0.1, -0.05) is 5.92 Å². The van der Waals surface area contributed by atoms with Crippen molar-refractivity contribution in [2.75, 3.05) is 33.2 Å². The molecule has 0 unspecified atom stereocenters. The Morgan fingerprint density at radius 3 is 2.50 bits per heavy atom. The lowest BCUT2D eigenvalue weighted by atomic mass is 10.4. The van der Waals surface area contributed by atoms with Gasteiger partial charge in [0.1, 0.15) is 6.54 Å². The Morgan fingerprint density at radius 1 is 1.39 bits per heavy atom. The minimum atomic E-state index is -4.47. The molecule has 0 saturated carbocycles. The first-order valence-electron chi connectivity index (χ1n) is 4.98. The van der Waals surface area contributed by atoms with E-state index < -0.39 is 31.1 Å². The molecule has 0 fully saturated rings. The highest BCUT2D eigenvalue weighted by atomic mass is 19.4. The van der Waals surface area contributed by atoms with E-state index in [1.165, 1.54) is 7.05 Å². The summed E-state index contributed by atoms with van der Waals surface area (Å²) in [4.78, 5) is 23.4. The van der Waals surface area contributed by atoms with Gasteiger partial charge >= 0.3 is 6.18 Å². The SMILES string of the molecule is C#CCNCC(=O)N(C)CC(=O)NCC(F)(F)F. The molecule has 8 heteroatoms. The van der Waals surface area contributed by atoms with Crippen LogP contribution in [0.25, 0.3) is 0 Å². The number of terminal acetylenes is 1. The Labute approximate surface area is 103 Å². The van der Waals surface area contributed by atoms with Gasteiger partial charge in [0, 0.05) is 7.05 Å². The Morgan fingerprint density at radius 2 is 2.00 bits per heavy atom. The first-order valence-corrected chi connectivity index (χ1v) is 4.98. The largest absolute Gasteiger partial charge is 0.405 e. The minimum absolute atomic E-state index is 0.0761. The van der Waals surface area contributed by atoms with Crippen molar-refractivity contribution in [3.05, 3.63) is 0 Å². The van der Waals surface area contributed by atoms with Crippen molar-refractivity contribution >= 4 is 11.8 Å². The molecule has 0 radical (unpaired) electrons. The molecule has 0 rings (SSSR count). The van der Waals surface area contributed by atoms with E-state index in [1.54, 1.807) is 5.32 Å². The summed E-state index contributed by atoms with van der Waals surface area (Å²) < 4.78 is 35.4. The van der Waals surface area contributed by atoms with Gasteiger partial charge in [0.25, 0.3) is 0 Å². The maximum Gasteiger partial charge on any atom is 0.405 e. The molecule has 0 aliphatic carbocycles. The molecule has 0 atom stereocenters. The predicted molar refractivity (Wildman–Crippen MR) is 58.4 cm³/mol. The Bertz CT molecular complexity index is 336. The Balaban J connectivity index is 3.93. The number of likely N-dealkylation sites (N-methyl/N-ethyl adjacent to an activating group) is 1. The van der Waals surface area contributed by atoms with Gasteiger partial charge in [-0.15, -0.1) is 6.42 Å². The number of nitrogens with zero attached hydrogens (tertiary/aromatic N) is 1. The molecular formula is C10H14F3N3O2. The monoisotopic (exact) mass is 265 g/mol. The summed E-state index contributed by atoms with van der Waals surface area (Å²) in [6.07, 6.45) is 0.478. The summed E-state index contributed by atoms with van der Waals surface area (Å²) in [7, 11) is 1.31. The van der Waals surface area contributed by atoms with Crippen molar-refractivity contribution < 1.29 is 22.8 Å². The summed E-state index contributed by atoms with van der Waals surface area (Å²) in [5.74, 6) is 0.941. The summed E-state index contributed by atoms with van der Waals surface area (Å²) in [6, 6.07) is 0. The molecule has 0 aromatic heterocycles. The van der Waals surface area contributed by atoms with Gasteiger partial charge in [0.2, 0.25) is 11.8 Å². The second kappa shape index (κ2) is 7.55. The standard InChI is InChI=1S/C10H14F3N3O2/c1-3-4-14-5-9(18)16(2)6-8(17)15-7-10(11,12)13/h1,14H,4-7H2,2H3,(H,15,17). The van der Waals surface area contributed by atoms with E-state index in [0.717, 1.165) is 4.90 Å². The van der Waals surface area contributed by atoms with Crippen molar-refractivity contribution in [3.63, 3.8) is 0 Å². The number of carbonyl (C=O) groups is 2. The van der Waals surface area contributed by atoms with Crippen molar-refractivity contribution in [3.8, 4) is 12.3 Å². The summed E-state index contributed by atoms with van der Waals surface area (Å²) in [6.45, 7) is -1.73. The highest BCUT2D eigenvalue weighted by molar-refractivity contribution is 5.85. The van der Waals surface area contributed by atoms with Gasteiger partial charge in [0.15, 0.2) is 0 Å². The fourth-order valence-corrected chi connectivity index (χ4v) is 0.935. The van der Waals surface area contributed by atoms with E-state index in [2.05, 4.69) is 11.2 Å². The molecule has 0 spiro atoms. The van der Waals surface area contributed by atoms with Crippen LogP contribution < -0.4 is 10.6 Å². The lowest BCUT2D eigenvalue weighted by molar-refractivity contribution is -0.141. The number of alkyl halides is 3. The van der Waals surface area contributed by atoms with E-state index in [4.69, 9.17) is 6.42 Å². The number of carbonyl (C=O) groups excluding carboxylic acids is 2. The number of amides is 2. The van der Waals surface area contributed by atoms with Crippen LogP contribution in [0.1, 0.15) is 0 Å². The number of nitrogens with one attached hydrogen (secondary N) is 2. The van der Waals surface area contributed by atoms with E-state index >= 15 is 0 Å². The maximum atomic E-state index is 11.8. The fraction of sp³-hybridized carbons (Fsp3) is 0.600. The van der Waals surface area contributed by atoms with Crippen molar-refractivity contribution in [1.82, 2.24) is 15.5 Å². The third-order valence-electron chi connectivity index (χ3n) is 1.80. The molecule has 0 aliphatic heterocycles. The number of hydrogen-bond acceptors (Lipinski definition) is 3. The average Bonchev–Trinajstić information content (AvgIpc) is 2.25. The van der Waals surface area contributed by atoms with Gasteiger partial charge in [-0.2, -0.15) is 13.2 Å². The molecule has 0 aromatic carbocycles. The molecule has 0 heterocycles. The topological polar surface area (TPSA) is 61.4 Å². The smallest absolute Gasteiger partial charge is 0.345 e. The van der Waals surface area contributed by atoms with Gasteiger partial charge in [-0.05, 0) is 0 Å². The van der Waals surface area contributed by atoms with Crippen LogP contribution in [0.3, 0.4) is 0 Å². The summed E-state index contributed by atoms with van der Waals surface area (Å²) in [5.41, 5.74) is 0. The molecule has 18 heavy (non-hydrogen) atoms. The Kier molecular flexibility index (Phi) is 6.82. The first-order chi connectivity index (χ1) is 8.26. The van der Waals surface area contributed by atoms with Crippen molar-refractivity contribution in [1.29, 1.82) is 0 Å². The van der Waals surface area contributed by atoms with Gasteiger partial charge in [0.05, 0.1) is 19.6 Å². The number of hydrogen-bond donors (Lipinski definition) is 2. The molecule has 0 aromatic rings. The normalized spacial score (nSPS) is 10.6. The average molecular weight is 265 g/mol. The molecular weight excluding hydrogens is 251 g/mol. The molecule has 0 aliphatic rings. The zero-order chi connectivity index (χ0) is 14.2. The zero-order valence-electron chi connectivity index (χ0n) is 9.80. The van der Waals surface area contributed by atoms with Crippen LogP contribution in [0.4, 0.5) is 13.2 Å². The van der Waals surface area contributed by atoms with E-state index in [-0.39, 0.29) is 13.1 Å². The highest BCUT2D eigenvalue weighted by Crippen LogP contribution is 2.11. The van der Waals surface area contributed by atoms with Crippen molar-refractivity contribution in [2.45, 2.75) is 6.18 Å². The quantitative estimate of drug-likeness (QED) is 0.495. The van der Waals surface area contributed by atoms with E-state index in [9.17, 15) is 22.8 Å². The Hall–Kier alpha value is -1.75. The second-order valence-electron chi connectivity index (χ2n) is 3.45. The predicted octanol–water partition coefficient (Wildman–Crippen LogP) is -0.654. The molecule has 102 valence electrons. The van der Waals surface area contributed by atoms with Crippen LogP contribution in [-0.2, 0) is 9.59 Å². The van der Waals surface area contributed by atoms with Crippen LogP contribution in [0.2, 0.25) is 0 Å². The van der Waals surface area contributed by atoms with Crippen LogP contribution in [0.5, 0.6) is 0 Å². The van der Waals surface area contributed by atoms with E-state index in [0.29, 0.717) is 0 Å². The third-order valence-corrected chi connectivity index (χ3v) is 1.80. The molecule has 0 saturated heterocycles. The van der Waals surface area contributed by atoms with Gasteiger partial charge < -0.3 is 10.2 Å². The number of rotatable bonds is 6. The molecule has 0 bridgehead atoms. The number of halogens is 3. The molecule has 2 N–H and O–H groups in total. The fourth-order valence-electron chi connectivity index (χ4n) is 0.935. The van der Waals surface area contributed by atoms with Crippen LogP contribution in [0.15, 0.2) is 0 Å². The molecule has 5 nitrogen and oxygen atoms in total. The maximum absolute atomic E-state index is 11.8. The van der Waals surface area contributed by atoms with Gasteiger partial charge in [-0.25, -0.2) is 0 Å². The lowest BCUT2D eigenvalue weighted by Gasteiger charge is -2.17. The third kappa shape index (κ3) is 8.41. The lowest BCUT2D eigenvalue weighted by Crippen LogP contribution is -2.44.